The zero-order valence-electron chi connectivity index (χ0n) is 18.7. The molecule has 0 radical (unpaired) electrons. The molecule has 0 spiro atoms. The quantitative estimate of drug-likeness (QED) is 0.438. The van der Waals surface area contributed by atoms with Crippen molar-refractivity contribution in [3.63, 3.8) is 0 Å². The van der Waals surface area contributed by atoms with E-state index in [0.717, 1.165) is 32.1 Å². The van der Waals surface area contributed by atoms with Gasteiger partial charge in [0.25, 0.3) is 0 Å². The summed E-state index contributed by atoms with van der Waals surface area (Å²) in [5.74, 6) is -1.76. The van der Waals surface area contributed by atoms with Gasteiger partial charge in [0.1, 0.15) is 0 Å². The van der Waals surface area contributed by atoms with Crippen molar-refractivity contribution in [2.45, 2.75) is 59.0 Å². The summed E-state index contributed by atoms with van der Waals surface area (Å²) in [6.45, 7) is 6.29. The molecule has 31 heavy (non-hydrogen) atoms. The highest BCUT2D eigenvalue weighted by atomic mass is 16.4. The molecule has 0 saturated carbocycles. The number of aliphatic hydroxyl groups is 2. The molecule has 1 atom stereocenters. The van der Waals surface area contributed by atoms with E-state index in [4.69, 9.17) is 10.2 Å². The normalized spacial score (nSPS) is 11.3. The van der Waals surface area contributed by atoms with E-state index in [0.29, 0.717) is 11.1 Å². The molecule has 6 nitrogen and oxygen atoms in total. The van der Waals surface area contributed by atoms with E-state index in [2.05, 4.69) is 13.8 Å². The van der Waals surface area contributed by atoms with E-state index in [-0.39, 0.29) is 18.1 Å². The first kappa shape index (κ1) is 28.3. The Bertz CT molecular complexity index is 675. The zero-order chi connectivity index (χ0) is 23.7. The summed E-state index contributed by atoms with van der Waals surface area (Å²) >= 11 is 0. The molecule has 6 heteroatoms. The number of carboxylic acid groups (broad SMARTS) is 2. The van der Waals surface area contributed by atoms with Crippen LogP contribution >= 0.6 is 0 Å². The van der Waals surface area contributed by atoms with Crippen LogP contribution in [0, 0.1) is 5.41 Å². The molecule has 1 unspecified atom stereocenters. The molecule has 2 aromatic carbocycles. The van der Waals surface area contributed by atoms with Crippen molar-refractivity contribution in [3.8, 4) is 0 Å². The van der Waals surface area contributed by atoms with Crippen LogP contribution in [0.2, 0.25) is 0 Å². The Morgan fingerprint density at radius 1 is 0.774 bits per heavy atom. The molecule has 0 aromatic heterocycles. The average Bonchev–Trinajstić information content (AvgIpc) is 2.80. The molecule has 172 valence electrons. The summed E-state index contributed by atoms with van der Waals surface area (Å²) in [7, 11) is 0. The van der Waals surface area contributed by atoms with Gasteiger partial charge in [0.05, 0.1) is 23.8 Å². The maximum Gasteiger partial charge on any atom is 0.335 e. The molecule has 0 aliphatic carbocycles. The van der Waals surface area contributed by atoms with Crippen molar-refractivity contribution in [3.05, 3.63) is 71.8 Å². The number of hydrogen-bond donors (Lipinski definition) is 4. The lowest BCUT2D eigenvalue weighted by Gasteiger charge is -2.36. The summed E-state index contributed by atoms with van der Waals surface area (Å²) in [6.07, 6.45) is 4.28. The summed E-state index contributed by atoms with van der Waals surface area (Å²) < 4.78 is 0. The first-order valence-corrected chi connectivity index (χ1v) is 10.6. The van der Waals surface area contributed by atoms with E-state index in [1.54, 1.807) is 60.7 Å². The third-order valence-electron chi connectivity index (χ3n) is 4.95. The van der Waals surface area contributed by atoms with Gasteiger partial charge in [-0.1, -0.05) is 70.0 Å². The fraction of sp³-hybridized carbons (Fsp3) is 0.440. The van der Waals surface area contributed by atoms with Crippen molar-refractivity contribution in [2.75, 3.05) is 6.61 Å². The van der Waals surface area contributed by atoms with Gasteiger partial charge < -0.3 is 20.4 Å². The van der Waals surface area contributed by atoms with Crippen LogP contribution in [-0.2, 0) is 0 Å². The molecular weight excluding hydrogens is 396 g/mol. The second-order valence-corrected chi connectivity index (χ2v) is 7.29. The fourth-order valence-electron chi connectivity index (χ4n) is 3.31. The van der Waals surface area contributed by atoms with Crippen molar-refractivity contribution < 1.29 is 30.0 Å². The van der Waals surface area contributed by atoms with Crippen LogP contribution in [0.15, 0.2) is 60.7 Å². The first-order valence-electron chi connectivity index (χ1n) is 10.6. The van der Waals surface area contributed by atoms with Gasteiger partial charge in [0.2, 0.25) is 0 Å². The summed E-state index contributed by atoms with van der Waals surface area (Å²) in [5.41, 5.74) is 0.424. The van der Waals surface area contributed by atoms with Crippen molar-refractivity contribution in [2.24, 2.45) is 5.41 Å². The van der Waals surface area contributed by atoms with Crippen LogP contribution in [-0.4, -0.2) is 45.1 Å². The highest BCUT2D eigenvalue weighted by Crippen LogP contribution is 2.34. The Labute approximate surface area is 185 Å². The lowest BCUT2D eigenvalue weighted by atomic mass is 9.74. The van der Waals surface area contributed by atoms with E-state index in [1.165, 1.54) is 0 Å². The van der Waals surface area contributed by atoms with Gasteiger partial charge in [-0.05, 0) is 43.5 Å². The molecule has 2 rings (SSSR count). The Balaban J connectivity index is 0.000000445. The molecule has 0 saturated heterocycles. The van der Waals surface area contributed by atoms with Gasteiger partial charge in [0.15, 0.2) is 0 Å². The van der Waals surface area contributed by atoms with Gasteiger partial charge in [0, 0.05) is 5.41 Å². The molecule has 4 N–H and O–H groups in total. The van der Waals surface area contributed by atoms with Crippen LogP contribution in [0.1, 0.15) is 73.6 Å². The highest BCUT2D eigenvalue weighted by Gasteiger charge is 2.34. The van der Waals surface area contributed by atoms with E-state index >= 15 is 0 Å². The van der Waals surface area contributed by atoms with Crippen molar-refractivity contribution in [1.82, 2.24) is 0 Å². The van der Waals surface area contributed by atoms with Crippen LogP contribution < -0.4 is 0 Å². The van der Waals surface area contributed by atoms with E-state index in [9.17, 15) is 19.8 Å². The Kier molecular flexibility index (Phi) is 14.7. The second kappa shape index (κ2) is 16.1. The number of hydrogen-bond acceptors (Lipinski definition) is 4. The minimum Gasteiger partial charge on any atom is -0.478 e. The molecule has 0 aliphatic heterocycles. The predicted octanol–water partition coefficient (Wildman–Crippen LogP) is 5.11. The van der Waals surface area contributed by atoms with Crippen LogP contribution in [0.3, 0.4) is 0 Å². The van der Waals surface area contributed by atoms with Crippen molar-refractivity contribution in [1.29, 1.82) is 0 Å². The molecule has 0 aliphatic rings. The third kappa shape index (κ3) is 10.8. The molecule has 2 aromatic rings. The number of carboxylic acids is 2. The van der Waals surface area contributed by atoms with Gasteiger partial charge in [-0.2, -0.15) is 0 Å². The first-order chi connectivity index (χ1) is 14.8. The number of rotatable bonds is 9. The number of carbonyl (C=O) groups is 2. The number of aliphatic hydroxyl groups excluding tert-OH is 2. The van der Waals surface area contributed by atoms with Crippen LogP contribution in [0.5, 0.6) is 0 Å². The van der Waals surface area contributed by atoms with E-state index < -0.39 is 11.9 Å². The Morgan fingerprint density at radius 2 is 1.13 bits per heavy atom. The lowest BCUT2D eigenvalue weighted by molar-refractivity contribution is -0.0326. The lowest BCUT2D eigenvalue weighted by Crippen LogP contribution is -2.38. The maximum atomic E-state index is 10.2. The molecule has 0 bridgehead atoms. The standard InChI is InChI=1S/C11H24O2.2C7H6O2/c1-4-7-11(9-12,8-5-2)10(13)6-3;2*8-7(9)6-4-2-1-3-5-6/h10,12-13H,4-9H2,1-3H3;2*1-5H,(H,8,9). The SMILES string of the molecule is CCCC(CO)(CCC)C(O)CC.O=C(O)c1ccccc1.O=C(O)c1ccccc1. The molecule has 0 amide bonds. The molecule has 0 fully saturated rings. The average molecular weight is 433 g/mol. The fourth-order valence-corrected chi connectivity index (χ4v) is 3.31. The van der Waals surface area contributed by atoms with Gasteiger partial charge in [-0.15, -0.1) is 0 Å². The van der Waals surface area contributed by atoms with Gasteiger partial charge in [-0.3, -0.25) is 0 Å². The summed E-state index contributed by atoms with van der Waals surface area (Å²) in [6, 6.07) is 16.6. The van der Waals surface area contributed by atoms with Gasteiger partial charge >= 0.3 is 11.9 Å². The van der Waals surface area contributed by atoms with Crippen LogP contribution in [0.25, 0.3) is 0 Å². The second-order valence-electron chi connectivity index (χ2n) is 7.29. The topological polar surface area (TPSA) is 115 Å². The monoisotopic (exact) mass is 432 g/mol. The van der Waals surface area contributed by atoms with E-state index in [1.807, 2.05) is 6.92 Å². The largest absolute Gasteiger partial charge is 0.478 e. The number of benzene rings is 2. The molecule has 0 heterocycles. The maximum absolute atomic E-state index is 10.2. The van der Waals surface area contributed by atoms with Crippen LogP contribution in [0.4, 0.5) is 0 Å². The summed E-state index contributed by atoms with van der Waals surface area (Å²) in [4.78, 5) is 20.4. The zero-order valence-corrected chi connectivity index (χ0v) is 18.7. The summed E-state index contributed by atoms with van der Waals surface area (Å²) in [5, 5.41) is 36.0. The van der Waals surface area contributed by atoms with Gasteiger partial charge in [-0.25, -0.2) is 9.59 Å². The minimum absolute atomic E-state index is 0.115. The highest BCUT2D eigenvalue weighted by molar-refractivity contribution is 5.87. The Hall–Kier alpha value is -2.70. The van der Waals surface area contributed by atoms with Crippen molar-refractivity contribution >= 4 is 11.9 Å². The third-order valence-corrected chi connectivity index (χ3v) is 4.95. The number of aromatic carboxylic acids is 2. The predicted molar refractivity (Wildman–Crippen MR) is 122 cm³/mol. The Morgan fingerprint density at radius 3 is 1.32 bits per heavy atom. The smallest absolute Gasteiger partial charge is 0.335 e. The molecular formula is C25H36O6. The minimum atomic E-state index is -0.879.